The zero-order valence-electron chi connectivity index (χ0n) is 16.1. The van der Waals surface area contributed by atoms with E-state index in [9.17, 15) is 4.79 Å². The van der Waals surface area contributed by atoms with E-state index in [0.29, 0.717) is 16.5 Å². The third-order valence-corrected chi connectivity index (χ3v) is 5.25. The van der Waals surface area contributed by atoms with E-state index < -0.39 is 0 Å². The lowest BCUT2D eigenvalue weighted by atomic mass is 9.99. The van der Waals surface area contributed by atoms with Crippen molar-refractivity contribution in [3.63, 3.8) is 0 Å². The largest absolute Gasteiger partial charge is 0.338 e. The van der Waals surface area contributed by atoms with Gasteiger partial charge in [0.15, 0.2) is 0 Å². The summed E-state index contributed by atoms with van der Waals surface area (Å²) in [5, 5.41) is 7.21. The number of benzene rings is 3. The highest BCUT2D eigenvalue weighted by Gasteiger charge is 2.15. The Morgan fingerprint density at radius 1 is 0.897 bits per heavy atom. The number of hydrogen-bond donors (Lipinski definition) is 1. The molecule has 5 heteroatoms. The number of anilines is 1. The maximum Gasteiger partial charge on any atom is 0.258 e. The van der Waals surface area contributed by atoms with Gasteiger partial charge in [-0.25, -0.2) is 0 Å². The maximum absolute atomic E-state index is 12.7. The quantitative estimate of drug-likeness (QED) is 0.422. The zero-order valence-corrected chi connectivity index (χ0v) is 16.8. The Hall–Kier alpha value is -3.37. The first-order valence-electron chi connectivity index (χ1n) is 9.22. The normalized spacial score (nSPS) is 10.7. The van der Waals surface area contributed by atoms with Crippen LogP contribution >= 0.6 is 11.6 Å². The molecule has 1 heterocycles. The molecule has 0 radical (unpaired) electrons. The number of carbonyl (C=O) groups is 1. The molecule has 4 rings (SSSR count). The summed E-state index contributed by atoms with van der Waals surface area (Å²) in [6.45, 7) is 3.68. The fraction of sp³-hybridized carbons (Fsp3) is 0.0833. The molecule has 1 aromatic heterocycles. The summed E-state index contributed by atoms with van der Waals surface area (Å²) in [5.74, 6) is 0.0827. The van der Waals surface area contributed by atoms with Crippen LogP contribution in [-0.4, -0.2) is 11.1 Å². The van der Waals surface area contributed by atoms with E-state index in [1.807, 2.05) is 56.3 Å². The average Bonchev–Trinajstić information content (AvgIpc) is 3.07. The molecule has 0 unspecified atom stereocenters. The molecule has 0 bridgehead atoms. The molecule has 1 amide bonds. The van der Waals surface area contributed by atoms with Gasteiger partial charge in [-0.15, -0.1) is 0 Å². The molecule has 1 N–H and O–H groups in total. The summed E-state index contributed by atoms with van der Waals surface area (Å²) in [5.41, 5.74) is 6.05. The summed E-state index contributed by atoms with van der Waals surface area (Å²) >= 11 is 6.42. The van der Waals surface area contributed by atoms with Gasteiger partial charge in [0.25, 0.3) is 5.91 Å². The van der Waals surface area contributed by atoms with Crippen LogP contribution in [0, 0.1) is 13.8 Å². The molecule has 0 spiro atoms. The molecular weight excluding hydrogens is 384 g/mol. The van der Waals surface area contributed by atoms with Crippen molar-refractivity contribution in [1.29, 1.82) is 0 Å². The first kappa shape index (κ1) is 19.0. The van der Waals surface area contributed by atoms with Crippen molar-refractivity contribution >= 4 is 23.4 Å². The maximum atomic E-state index is 12.7. The van der Waals surface area contributed by atoms with Crippen molar-refractivity contribution in [2.45, 2.75) is 13.8 Å². The predicted octanol–water partition coefficient (Wildman–Crippen LogP) is 6.53. The van der Waals surface area contributed by atoms with E-state index >= 15 is 0 Å². The fourth-order valence-electron chi connectivity index (χ4n) is 3.07. The lowest BCUT2D eigenvalue weighted by molar-refractivity contribution is 0.102. The lowest BCUT2D eigenvalue weighted by Crippen LogP contribution is -2.12. The minimum absolute atomic E-state index is 0.275. The summed E-state index contributed by atoms with van der Waals surface area (Å²) in [6.07, 6.45) is 0. The third kappa shape index (κ3) is 3.93. The minimum Gasteiger partial charge on any atom is -0.338 e. The highest BCUT2D eigenvalue weighted by atomic mass is 35.5. The topological polar surface area (TPSA) is 55.1 Å². The first-order chi connectivity index (χ1) is 14.0. The zero-order chi connectivity index (χ0) is 20.4. The van der Waals surface area contributed by atoms with Crippen LogP contribution in [0.5, 0.6) is 0 Å². The van der Waals surface area contributed by atoms with E-state index in [1.165, 1.54) is 0 Å². The van der Waals surface area contributed by atoms with Gasteiger partial charge in [-0.1, -0.05) is 71.4 Å². The van der Waals surface area contributed by atoms with Gasteiger partial charge in [-0.3, -0.25) is 10.1 Å². The smallest absolute Gasteiger partial charge is 0.258 e. The van der Waals surface area contributed by atoms with Crippen LogP contribution in [0.25, 0.3) is 22.3 Å². The first-order valence-corrected chi connectivity index (χ1v) is 9.60. The number of rotatable bonds is 4. The van der Waals surface area contributed by atoms with Crippen LogP contribution in [-0.2, 0) is 0 Å². The van der Waals surface area contributed by atoms with Gasteiger partial charge in [0.1, 0.15) is 0 Å². The van der Waals surface area contributed by atoms with Gasteiger partial charge >= 0.3 is 0 Å². The highest BCUT2D eigenvalue weighted by molar-refractivity contribution is 6.33. The number of nitrogens with zero attached hydrogens (tertiary/aromatic N) is 1. The standard InChI is InChI=1S/C24H19ClN2O2/c1-15-16(2)27-29-24(15)26-23(28)20-12-13-22(25)21(14-20)19-10-8-18(9-11-19)17-6-4-3-5-7-17/h3-14H,1-2H3,(H,26,28). The number of hydrogen-bond acceptors (Lipinski definition) is 3. The minimum atomic E-state index is -0.275. The Labute approximate surface area is 174 Å². The highest BCUT2D eigenvalue weighted by Crippen LogP contribution is 2.31. The van der Waals surface area contributed by atoms with Crippen molar-refractivity contribution in [2.24, 2.45) is 0 Å². The molecule has 0 fully saturated rings. The average molecular weight is 403 g/mol. The Morgan fingerprint density at radius 2 is 1.55 bits per heavy atom. The van der Waals surface area contributed by atoms with Gasteiger partial charge < -0.3 is 4.52 Å². The molecule has 4 nitrogen and oxygen atoms in total. The van der Waals surface area contributed by atoms with Crippen molar-refractivity contribution < 1.29 is 9.32 Å². The second-order valence-electron chi connectivity index (χ2n) is 6.81. The Morgan fingerprint density at radius 3 is 2.21 bits per heavy atom. The van der Waals surface area contributed by atoms with Crippen LogP contribution in [0.3, 0.4) is 0 Å². The number of halogens is 1. The molecule has 29 heavy (non-hydrogen) atoms. The van der Waals surface area contributed by atoms with Gasteiger partial charge in [0, 0.05) is 21.7 Å². The molecule has 0 aliphatic heterocycles. The van der Waals surface area contributed by atoms with Gasteiger partial charge in [0.05, 0.1) is 5.69 Å². The molecule has 144 valence electrons. The van der Waals surface area contributed by atoms with Crippen LogP contribution in [0.4, 0.5) is 5.88 Å². The van der Waals surface area contributed by atoms with Crippen molar-refractivity contribution in [3.8, 4) is 22.3 Å². The van der Waals surface area contributed by atoms with Crippen LogP contribution in [0.1, 0.15) is 21.6 Å². The summed E-state index contributed by atoms with van der Waals surface area (Å²) in [4.78, 5) is 12.7. The Balaban J connectivity index is 1.61. The monoisotopic (exact) mass is 402 g/mol. The fourth-order valence-corrected chi connectivity index (χ4v) is 3.29. The van der Waals surface area contributed by atoms with Gasteiger partial charge in [0.2, 0.25) is 5.88 Å². The van der Waals surface area contributed by atoms with E-state index in [2.05, 4.69) is 22.6 Å². The van der Waals surface area contributed by atoms with E-state index in [1.54, 1.807) is 18.2 Å². The molecule has 0 atom stereocenters. The summed E-state index contributed by atoms with van der Waals surface area (Å²) < 4.78 is 5.17. The Bertz CT molecular complexity index is 1170. The van der Waals surface area contributed by atoms with E-state index in [0.717, 1.165) is 33.5 Å². The summed E-state index contributed by atoms with van der Waals surface area (Å²) in [7, 11) is 0. The van der Waals surface area contributed by atoms with Crippen molar-refractivity contribution in [2.75, 3.05) is 5.32 Å². The van der Waals surface area contributed by atoms with E-state index in [4.69, 9.17) is 16.1 Å². The molecule has 0 aliphatic rings. The number of aromatic nitrogens is 1. The SMILES string of the molecule is Cc1noc(NC(=O)c2ccc(Cl)c(-c3ccc(-c4ccccc4)cc3)c2)c1C. The second-order valence-corrected chi connectivity index (χ2v) is 7.22. The molecular formula is C24H19ClN2O2. The molecule has 0 saturated carbocycles. The number of aryl methyl sites for hydroxylation is 1. The number of nitrogens with one attached hydrogen (secondary N) is 1. The van der Waals surface area contributed by atoms with Gasteiger partial charge in [-0.05, 0) is 48.7 Å². The lowest BCUT2D eigenvalue weighted by Gasteiger charge is -2.09. The summed E-state index contributed by atoms with van der Waals surface area (Å²) in [6, 6.07) is 23.5. The number of amides is 1. The molecule has 0 saturated heterocycles. The van der Waals surface area contributed by atoms with Crippen molar-refractivity contribution in [1.82, 2.24) is 5.16 Å². The Kier molecular flexibility index (Phi) is 5.19. The molecule has 4 aromatic rings. The third-order valence-electron chi connectivity index (χ3n) is 4.92. The second kappa shape index (κ2) is 7.94. The predicted molar refractivity (Wildman–Crippen MR) is 116 cm³/mol. The molecule has 0 aliphatic carbocycles. The van der Waals surface area contributed by atoms with Crippen molar-refractivity contribution in [3.05, 3.63) is 94.6 Å². The van der Waals surface area contributed by atoms with Crippen LogP contribution in [0.2, 0.25) is 5.02 Å². The van der Waals surface area contributed by atoms with Crippen LogP contribution in [0.15, 0.2) is 77.3 Å². The number of carbonyl (C=O) groups excluding carboxylic acids is 1. The van der Waals surface area contributed by atoms with E-state index in [-0.39, 0.29) is 5.91 Å². The van der Waals surface area contributed by atoms with Crippen LogP contribution < -0.4 is 5.32 Å². The molecule has 3 aromatic carbocycles. The van der Waals surface area contributed by atoms with Gasteiger partial charge in [-0.2, -0.15) is 0 Å².